The first-order valence-corrected chi connectivity index (χ1v) is 7.70. The van der Waals surface area contributed by atoms with Gasteiger partial charge in [-0.15, -0.1) is 0 Å². The van der Waals surface area contributed by atoms with Crippen molar-refractivity contribution in [1.29, 1.82) is 0 Å². The molecule has 1 aliphatic rings. The number of hydrogen-bond donors (Lipinski definition) is 1. The maximum absolute atomic E-state index is 6.32. The van der Waals surface area contributed by atoms with Gasteiger partial charge in [-0.2, -0.15) is 0 Å². The first kappa shape index (κ1) is 14.5. The molecule has 2 rings (SSSR count). The Hall–Kier alpha value is -0.860. The van der Waals surface area contributed by atoms with E-state index in [2.05, 4.69) is 49.1 Å². The van der Waals surface area contributed by atoms with Crippen LogP contribution in [-0.4, -0.2) is 30.1 Å². The maximum Gasteiger partial charge on any atom is 0.0171 e. The molecular weight excluding hydrogens is 232 g/mol. The summed E-state index contributed by atoms with van der Waals surface area (Å²) in [5, 5.41) is 0. The Bertz CT molecular complexity index is 363. The highest BCUT2D eigenvalue weighted by Gasteiger charge is 2.25. The smallest absolute Gasteiger partial charge is 0.0171 e. The molecule has 1 aromatic rings. The van der Waals surface area contributed by atoms with E-state index >= 15 is 0 Å². The van der Waals surface area contributed by atoms with Crippen LogP contribution in [0.2, 0.25) is 0 Å². The Kier molecular flexibility index (Phi) is 5.41. The Labute approximate surface area is 118 Å². The van der Waals surface area contributed by atoms with Gasteiger partial charge in [0.15, 0.2) is 0 Å². The molecule has 19 heavy (non-hydrogen) atoms. The van der Waals surface area contributed by atoms with E-state index in [0.29, 0.717) is 12.1 Å². The second-order valence-corrected chi connectivity index (χ2v) is 6.14. The normalized spacial score (nSPS) is 26.3. The summed E-state index contributed by atoms with van der Waals surface area (Å²) in [4.78, 5) is 2.59. The average Bonchev–Trinajstić information content (AvgIpc) is 2.43. The van der Waals surface area contributed by atoms with Crippen molar-refractivity contribution in [3.05, 3.63) is 35.9 Å². The number of likely N-dealkylation sites (tertiary alicyclic amines) is 1. The number of nitrogens with zero attached hydrogens (tertiary/aromatic N) is 1. The van der Waals surface area contributed by atoms with Gasteiger partial charge < -0.3 is 5.73 Å². The van der Waals surface area contributed by atoms with Crippen LogP contribution < -0.4 is 5.73 Å². The van der Waals surface area contributed by atoms with E-state index in [9.17, 15) is 0 Å². The molecule has 0 radical (unpaired) electrons. The fraction of sp³-hybridized carbons (Fsp3) is 0.647. The SMILES string of the molecule is CC1CCCN(CC(N)CCc2ccccc2)C1C. The summed E-state index contributed by atoms with van der Waals surface area (Å²) in [7, 11) is 0. The average molecular weight is 260 g/mol. The standard InChI is InChI=1S/C17H28N2/c1-14-7-6-12-19(15(14)2)13-17(18)11-10-16-8-4-3-5-9-16/h3-5,8-9,14-15,17H,6-7,10-13,18H2,1-2H3. The van der Waals surface area contributed by atoms with E-state index in [1.807, 2.05) is 0 Å². The summed E-state index contributed by atoms with van der Waals surface area (Å²) >= 11 is 0. The van der Waals surface area contributed by atoms with Gasteiger partial charge in [-0.3, -0.25) is 4.90 Å². The Morgan fingerprint density at radius 1 is 1.26 bits per heavy atom. The lowest BCUT2D eigenvalue weighted by Crippen LogP contribution is -2.47. The molecule has 3 atom stereocenters. The predicted molar refractivity (Wildman–Crippen MR) is 82.2 cm³/mol. The van der Waals surface area contributed by atoms with Gasteiger partial charge in [0.1, 0.15) is 0 Å². The first-order valence-electron chi connectivity index (χ1n) is 7.70. The molecular formula is C17H28N2. The fourth-order valence-electron chi connectivity index (χ4n) is 3.07. The highest BCUT2D eigenvalue weighted by molar-refractivity contribution is 5.14. The second-order valence-electron chi connectivity index (χ2n) is 6.14. The largest absolute Gasteiger partial charge is 0.327 e. The summed E-state index contributed by atoms with van der Waals surface area (Å²) in [6.45, 7) is 7.00. The number of rotatable bonds is 5. The van der Waals surface area contributed by atoms with E-state index in [1.165, 1.54) is 24.9 Å². The molecule has 0 spiro atoms. The molecule has 3 unspecified atom stereocenters. The number of piperidine rings is 1. The zero-order valence-corrected chi connectivity index (χ0v) is 12.4. The van der Waals surface area contributed by atoms with Gasteiger partial charge in [0.2, 0.25) is 0 Å². The zero-order chi connectivity index (χ0) is 13.7. The van der Waals surface area contributed by atoms with Crippen LogP contribution in [-0.2, 0) is 6.42 Å². The zero-order valence-electron chi connectivity index (χ0n) is 12.4. The van der Waals surface area contributed by atoms with Crippen molar-refractivity contribution in [3.8, 4) is 0 Å². The number of aryl methyl sites for hydroxylation is 1. The lowest BCUT2D eigenvalue weighted by Gasteiger charge is -2.39. The number of nitrogens with two attached hydrogens (primary N) is 1. The third-order valence-electron chi connectivity index (χ3n) is 4.62. The minimum atomic E-state index is 0.299. The van der Waals surface area contributed by atoms with Crippen molar-refractivity contribution in [2.45, 2.75) is 51.6 Å². The molecule has 1 heterocycles. The van der Waals surface area contributed by atoms with Crippen molar-refractivity contribution < 1.29 is 0 Å². The molecule has 0 amide bonds. The number of hydrogen-bond acceptors (Lipinski definition) is 2. The molecule has 2 nitrogen and oxygen atoms in total. The second kappa shape index (κ2) is 7.06. The van der Waals surface area contributed by atoms with E-state index in [1.54, 1.807) is 0 Å². The van der Waals surface area contributed by atoms with Crippen LogP contribution in [0.15, 0.2) is 30.3 Å². The monoisotopic (exact) mass is 260 g/mol. The van der Waals surface area contributed by atoms with Crippen molar-refractivity contribution in [2.24, 2.45) is 11.7 Å². The van der Waals surface area contributed by atoms with Crippen molar-refractivity contribution >= 4 is 0 Å². The molecule has 106 valence electrons. The van der Waals surface area contributed by atoms with Crippen molar-refractivity contribution in [2.75, 3.05) is 13.1 Å². The van der Waals surface area contributed by atoms with Crippen LogP contribution in [0.1, 0.15) is 38.7 Å². The van der Waals surface area contributed by atoms with Gasteiger partial charge in [-0.25, -0.2) is 0 Å². The minimum Gasteiger partial charge on any atom is -0.327 e. The topological polar surface area (TPSA) is 29.3 Å². The predicted octanol–water partition coefficient (Wildman–Crippen LogP) is 3.07. The van der Waals surface area contributed by atoms with Crippen LogP contribution >= 0.6 is 0 Å². The first-order chi connectivity index (χ1) is 9.16. The Morgan fingerprint density at radius 2 is 2.00 bits per heavy atom. The van der Waals surface area contributed by atoms with Crippen LogP contribution in [0, 0.1) is 5.92 Å². The minimum absolute atomic E-state index is 0.299. The Balaban J connectivity index is 1.76. The lowest BCUT2D eigenvalue weighted by atomic mass is 9.91. The Morgan fingerprint density at radius 3 is 2.74 bits per heavy atom. The van der Waals surface area contributed by atoms with Crippen molar-refractivity contribution in [1.82, 2.24) is 4.90 Å². The van der Waals surface area contributed by atoms with Crippen molar-refractivity contribution in [3.63, 3.8) is 0 Å². The van der Waals surface area contributed by atoms with Gasteiger partial charge in [0.25, 0.3) is 0 Å². The fourth-order valence-corrected chi connectivity index (χ4v) is 3.07. The molecule has 1 saturated heterocycles. The molecule has 1 fully saturated rings. The summed E-state index contributed by atoms with van der Waals surface area (Å²) < 4.78 is 0. The van der Waals surface area contributed by atoms with E-state index in [0.717, 1.165) is 25.3 Å². The molecule has 0 aromatic heterocycles. The van der Waals surface area contributed by atoms with Gasteiger partial charge in [-0.05, 0) is 50.6 Å². The van der Waals surface area contributed by atoms with E-state index in [4.69, 9.17) is 5.73 Å². The summed E-state index contributed by atoms with van der Waals surface area (Å²) in [6.07, 6.45) is 4.88. The maximum atomic E-state index is 6.32. The van der Waals surface area contributed by atoms with Crippen LogP contribution in [0.25, 0.3) is 0 Å². The van der Waals surface area contributed by atoms with Gasteiger partial charge >= 0.3 is 0 Å². The molecule has 0 aliphatic carbocycles. The molecule has 1 aromatic carbocycles. The van der Waals surface area contributed by atoms with E-state index in [-0.39, 0.29) is 0 Å². The van der Waals surface area contributed by atoms with Gasteiger partial charge in [0, 0.05) is 18.6 Å². The number of benzene rings is 1. The molecule has 2 heteroatoms. The molecule has 0 saturated carbocycles. The van der Waals surface area contributed by atoms with Crippen LogP contribution in [0.3, 0.4) is 0 Å². The summed E-state index contributed by atoms with van der Waals surface area (Å²) in [5.74, 6) is 0.815. The third-order valence-corrected chi connectivity index (χ3v) is 4.62. The van der Waals surface area contributed by atoms with Crippen LogP contribution in [0.4, 0.5) is 0 Å². The molecule has 0 bridgehead atoms. The highest BCUT2D eigenvalue weighted by atomic mass is 15.2. The van der Waals surface area contributed by atoms with Gasteiger partial charge in [0.05, 0.1) is 0 Å². The summed E-state index contributed by atoms with van der Waals surface area (Å²) in [5.41, 5.74) is 7.72. The molecule has 1 aliphatic heterocycles. The van der Waals surface area contributed by atoms with E-state index < -0.39 is 0 Å². The lowest BCUT2D eigenvalue weighted by molar-refractivity contribution is 0.106. The molecule has 2 N–H and O–H groups in total. The highest BCUT2D eigenvalue weighted by Crippen LogP contribution is 2.22. The summed E-state index contributed by atoms with van der Waals surface area (Å²) in [6, 6.07) is 11.7. The third kappa shape index (κ3) is 4.32. The quantitative estimate of drug-likeness (QED) is 0.881. The van der Waals surface area contributed by atoms with Crippen LogP contribution in [0.5, 0.6) is 0 Å². The van der Waals surface area contributed by atoms with Gasteiger partial charge in [-0.1, -0.05) is 37.3 Å².